The van der Waals surface area contributed by atoms with Crippen LogP contribution in [0.4, 0.5) is 0 Å². The molecule has 1 saturated heterocycles. The SMILES string of the molecule is Cc1sc2nc(CCC(=O)NC3CCCNC3)[nH]c(=O)c2c1C. The van der Waals surface area contributed by atoms with Gasteiger partial charge in [0, 0.05) is 30.3 Å². The molecule has 3 N–H and O–H groups in total. The first-order chi connectivity index (χ1) is 11.0. The van der Waals surface area contributed by atoms with E-state index in [4.69, 9.17) is 0 Å². The van der Waals surface area contributed by atoms with Crippen LogP contribution in [0.2, 0.25) is 0 Å². The summed E-state index contributed by atoms with van der Waals surface area (Å²) in [6.07, 6.45) is 2.91. The number of nitrogens with one attached hydrogen (secondary N) is 3. The average Bonchev–Trinajstić information content (AvgIpc) is 2.81. The largest absolute Gasteiger partial charge is 0.352 e. The highest BCUT2D eigenvalue weighted by Gasteiger charge is 2.16. The highest BCUT2D eigenvalue weighted by Crippen LogP contribution is 2.25. The lowest BCUT2D eigenvalue weighted by atomic mass is 10.1. The third-order valence-electron chi connectivity index (χ3n) is 4.34. The minimum atomic E-state index is -0.108. The van der Waals surface area contributed by atoms with Gasteiger partial charge in [-0.15, -0.1) is 11.3 Å². The van der Waals surface area contributed by atoms with Crippen LogP contribution in [0.1, 0.15) is 35.5 Å². The summed E-state index contributed by atoms with van der Waals surface area (Å²) in [4.78, 5) is 33.4. The molecule has 23 heavy (non-hydrogen) atoms. The number of aromatic nitrogens is 2. The van der Waals surface area contributed by atoms with E-state index in [1.165, 1.54) is 11.3 Å². The van der Waals surface area contributed by atoms with Crippen LogP contribution in [0.15, 0.2) is 4.79 Å². The second kappa shape index (κ2) is 6.80. The smallest absolute Gasteiger partial charge is 0.259 e. The number of hydrogen-bond acceptors (Lipinski definition) is 5. The Labute approximate surface area is 138 Å². The lowest BCUT2D eigenvalue weighted by Gasteiger charge is -2.23. The molecule has 1 atom stereocenters. The van der Waals surface area contributed by atoms with Gasteiger partial charge in [-0.2, -0.15) is 0 Å². The molecule has 0 spiro atoms. The van der Waals surface area contributed by atoms with Crippen LogP contribution in [0.3, 0.4) is 0 Å². The van der Waals surface area contributed by atoms with Crippen molar-refractivity contribution in [2.75, 3.05) is 13.1 Å². The number of amides is 1. The Morgan fingerprint density at radius 3 is 3.00 bits per heavy atom. The van der Waals surface area contributed by atoms with Crippen LogP contribution in [0, 0.1) is 13.8 Å². The number of H-pyrrole nitrogens is 1. The number of nitrogens with zero attached hydrogens (tertiary/aromatic N) is 1. The van der Waals surface area contributed by atoms with Crippen molar-refractivity contribution in [3.63, 3.8) is 0 Å². The molecule has 2 aromatic heterocycles. The molecule has 3 heterocycles. The molecule has 0 saturated carbocycles. The summed E-state index contributed by atoms with van der Waals surface area (Å²) in [7, 11) is 0. The summed E-state index contributed by atoms with van der Waals surface area (Å²) in [6.45, 7) is 5.79. The van der Waals surface area contributed by atoms with E-state index in [1.807, 2.05) is 13.8 Å². The number of carbonyl (C=O) groups is 1. The topological polar surface area (TPSA) is 86.9 Å². The minimum Gasteiger partial charge on any atom is -0.352 e. The first-order valence-corrected chi connectivity index (χ1v) is 8.85. The van der Waals surface area contributed by atoms with Gasteiger partial charge in [-0.25, -0.2) is 4.98 Å². The van der Waals surface area contributed by atoms with E-state index in [1.54, 1.807) is 0 Å². The molecule has 124 valence electrons. The van der Waals surface area contributed by atoms with Gasteiger partial charge in [0.25, 0.3) is 5.56 Å². The molecule has 7 heteroatoms. The maximum absolute atomic E-state index is 12.2. The van der Waals surface area contributed by atoms with Gasteiger partial charge in [-0.3, -0.25) is 9.59 Å². The van der Waals surface area contributed by atoms with Gasteiger partial charge in [0.1, 0.15) is 10.7 Å². The van der Waals surface area contributed by atoms with Crippen LogP contribution < -0.4 is 16.2 Å². The lowest BCUT2D eigenvalue weighted by Crippen LogP contribution is -2.45. The number of fused-ring (bicyclic) bond motifs is 1. The number of carbonyl (C=O) groups excluding carboxylic acids is 1. The average molecular weight is 334 g/mol. The molecule has 0 bridgehead atoms. The predicted molar refractivity (Wildman–Crippen MR) is 92.1 cm³/mol. The van der Waals surface area contributed by atoms with Crippen molar-refractivity contribution in [1.82, 2.24) is 20.6 Å². The number of piperidine rings is 1. The highest BCUT2D eigenvalue weighted by molar-refractivity contribution is 7.18. The maximum atomic E-state index is 12.2. The van der Waals surface area contributed by atoms with E-state index >= 15 is 0 Å². The van der Waals surface area contributed by atoms with E-state index in [9.17, 15) is 9.59 Å². The summed E-state index contributed by atoms with van der Waals surface area (Å²) in [5.41, 5.74) is 0.886. The first-order valence-electron chi connectivity index (χ1n) is 8.03. The van der Waals surface area contributed by atoms with E-state index in [0.717, 1.165) is 41.2 Å². The molecular weight excluding hydrogens is 312 g/mol. The Morgan fingerprint density at radius 1 is 1.43 bits per heavy atom. The molecule has 1 amide bonds. The van der Waals surface area contributed by atoms with Gasteiger partial charge in [0.2, 0.25) is 5.91 Å². The third-order valence-corrected chi connectivity index (χ3v) is 5.44. The molecule has 6 nitrogen and oxygen atoms in total. The summed E-state index contributed by atoms with van der Waals surface area (Å²) in [5, 5.41) is 6.99. The molecule has 3 rings (SSSR count). The van der Waals surface area contributed by atoms with Crippen molar-refractivity contribution in [2.24, 2.45) is 0 Å². The Hall–Kier alpha value is -1.73. The third kappa shape index (κ3) is 3.61. The van der Waals surface area contributed by atoms with Crippen molar-refractivity contribution in [2.45, 2.75) is 45.6 Å². The molecule has 1 aliphatic rings. The Balaban J connectivity index is 1.65. The second-order valence-corrected chi connectivity index (χ2v) is 7.29. The fourth-order valence-electron chi connectivity index (χ4n) is 2.92. The van der Waals surface area contributed by atoms with E-state index in [0.29, 0.717) is 24.1 Å². The van der Waals surface area contributed by atoms with Crippen molar-refractivity contribution >= 4 is 27.5 Å². The van der Waals surface area contributed by atoms with Gasteiger partial charge < -0.3 is 15.6 Å². The Bertz CT molecular complexity index is 774. The monoisotopic (exact) mass is 334 g/mol. The van der Waals surface area contributed by atoms with Gasteiger partial charge in [0.05, 0.1) is 5.39 Å². The van der Waals surface area contributed by atoms with Gasteiger partial charge in [-0.1, -0.05) is 0 Å². The molecule has 1 fully saturated rings. The summed E-state index contributed by atoms with van der Waals surface area (Å²) in [5.74, 6) is 0.598. The molecule has 1 aliphatic heterocycles. The second-order valence-electron chi connectivity index (χ2n) is 6.09. The summed E-state index contributed by atoms with van der Waals surface area (Å²) >= 11 is 1.53. The number of aromatic amines is 1. The van der Waals surface area contributed by atoms with Crippen molar-refractivity contribution < 1.29 is 4.79 Å². The molecular formula is C16H22N4O2S. The Morgan fingerprint density at radius 2 is 2.26 bits per heavy atom. The maximum Gasteiger partial charge on any atom is 0.259 e. The van der Waals surface area contributed by atoms with Crippen molar-refractivity contribution in [3.8, 4) is 0 Å². The zero-order valence-electron chi connectivity index (χ0n) is 13.5. The fraction of sp³-hybridized carbons (Fsp3) is 0.562. The minimum absolute atomic E-state index is 0.0139. The number of rotatable bonds is 4. The lowest BCUT2D eigenvalue weighted by molar-refractivity contribution is -0.121. The Kier molecular flexibility index (Phi) is 4.77. The number of thiophene rings is 1. The fourth-order valence-corrected chi connectivity index (χ4v) is 3.97. The first kappa shape index (κ1) is 16.1. The van der Waals surface area contributed by atoms with E-state index < -0.39 is 0 Å². The quantitative estimate of drug-likeness (QED) is 0.789. The van der Waals surface area contributed by atoms with Crippen LogP contribution in [0.5, 0.6) is 0 Å². The molecule has 0 aromatic carbocycles. The molecule has 0 aliphatic carbocycles. The predicted octanol–water partition coefficient (Wildman–Crippen LogP) is 1.40. The standard InChI is InChI=1S/C16H22N4O2S/c1-9-10(2)23-16-14(9)15(22)19-12(20-16)5-6-13(21)18-11-4-3-7-17-8-11/h11,17H,3-8H2,1-2H3,(H,18,21)(H,19,20,22). The number of hydrogen-bond donors (Lipinski definition) is 3. The molecule has 2 aromatic rings. The van der Waals surface area contributed by atoms with E-state index in [-0.39, 0.29) is 17.5 Å². The zero-order chi connectivity index (χ0) is 16.4. The molecule has 0 radical (unpaired) electrons. The zero-order valence-corrected chi connectivity index (χ0v) is 14.3. The number of aryl methyl sites for hydroxylation is 3. The van der Waals surface area contributed by atoms with Crippen LogP contribution >= 0.6 is 11.3 Å². The van der Waals surface area contributed by atoms with Crippen molar-refractivity contribution in [1.29, 1.82) is 0 Å². The van der Waals surface area contributed by atoms with E-state index in [2.05, 4.69) is 20.6 Å². The van der Waals surface area contributed by atoms with Gasteiger partial charge in [-0.05, 0) is 38.8 Å². The van der Waals surface area contributed by atoms with Crippen molar-refractivity contribution in [3.05, 3.63) is 26.6 Å². The van der Waals surface area contributed by atoms with Crippen LogP contribution in [-0.4, -0.2) is 35.0 Å². The summed E-state index contributed by atoms with van der Waals surface area (Å²) < 4.78 is 0. The molecule has 1 unspecified atom stereocenters. The normalized spacial score (nSPS) is 18.3. The highest BCUT2D eigenvalue weighted by atomic mass is 32.1. The van der Waals surface area contributed by atoms with Gasteiger partial charge >= 0.3 is 0 Å². The summed E-state index contributed by atoms with van der Waals surface area (Å²) in [6, 6.07) is 0.216. The van der Waals surface area contributed by atoms with Crippen LogP contribution in [-0.2, 0) is 11.2 Å². The van der Waals surface area contributed by atoms with Gasteiger partial charge in [0.15, 0.2) is 0 Å². The van der Waals surface area contributed by atoms with Crippen LogP contribution in [0.25, 0.3) is 10.2 Å².